The fourth-order valence-electron chi connectivity index (χ4n) is 4.76. The van der Waals surface area contributed by atoms with Crippen molar-refractivity contribution >= 4 is 46.9 Å². The third-order valence-electron chi connectivity index (χ3n) is 7.11. The first-order valence-electron chi connectivity index (χ1n) is 14.9. The number of hydrogen-bond donors (Lipinski definition) is 3. The monoisotopic (exact) mass is 669 g/mol. The minimum absolute atomic E-state index is 0.0247. The molecule has 0 aliphatic carbocycles. The smallest absolute Gasteiger partial charge is 0.272 e. The van der Waals surface area contributed by atoms with Gasteiger partial charge in [-0.2, -0.15) is 0 Å². The first-order chi connectivity index (χ1) is 23.3. The third-order valence-corrected chi connectivity index (χ3v) is 8.20. The molecule has 0 saturated carbocycles. The van der Waals surface area contributed by atoms with E-state index in [2.05, 4.69) is 16.0 Å². The number of methoxy groups -OCH3 is 3. The first kappa shape index (κ1) is 33.7. The number of hydrogen-bond acceptors (Lipinski definition) is 9. The highest BCUT2D eigenvalue weighted by molar-refractivity contribution is 8.00. The van der Waals surface area contributed by atoms with E-state index in [0.29, 0.717) is 64.5 Å². The van der Waals surface area contributed by atoms with Crippen LogP contribution in [0.4, 0.5) is 11.4 Å². The van der Waals surface area contributed by atoms with Crippen molar-refractivity contribution < 1.29 is 38.1 Å². The van der Waals surface area contributed by atoms with Crippen LogP contribution in [0.3, 0.4) is 0 Å². The molecule has 4 aromatic rings. The lowest BCUT2D eigenvalue weighted by Crippen LogP contribution is -2.30. The second-order valence-corrected chi connectivity index (χ2v) is 11.8. The van der Waals surface area contributed by atoms with Gasteiger partial charge in [0.2, 0.25) is 11.7 Å². The normalized spacial score (nSPS) is 12.7. The number of thioether (sulfide) groups is 1. The number of benzene rings is 4. The van der Waals surface area contributed by atoms with Crippen molar-refractivity contribution in [1.82, 2.24) is 5.32 Å². The molecule has 12 heteroatoms. The predicted molar refractivity (Wildman–Crippen MR) is 184 cm³/mol. The lowest BCUT2D eigenvalue weighted by atomic mass is 10.1. The number of rotatable bonds is 12. The Morgan fingerprint density at radius 1 is 0.771 bits per heavy atom. The Balaban J connectivity index is 1.33. The van der Waals surface area contributed by atoms with Gasteiger partial charge in [0.25, 0.3) is 11.8 Å². The average Bonchev–Trinajstić information content (AvgIpc) is 3.11. The summed E-state index contributed by atoms with van der Waals surface area (Å²) in [6, 6.07) is 24.2. The van der Waals surface area contributed by atoms with Crippen molar-refractivity contribution in [3.05, 3.63) is 102 Å². The molecule has 248 valence electrons. The number of fused-ring (bicyclic) bond motifs is 1. The summed E-state index contributed by atoms with van der Waals surface area (Å²) in [5, 5.41) is 8.04. The molecule has 1 aliphatic heterocycles. The Bertz CT molecular complexity index is 1800. The van der Waals surface area contributed by atoms with Gasteiger partial charge >= 0.3 is 0 Å². The summed E-state index contributed by atoms with van der Waals surface area (Å²) < 4.78 is 27.5. The van der Waals surface area contributed by atoms with Crippen LogP contribution in [0.15, 0.2) is 95.5 Å². The molecule has 1 atom stereocenters. The van der Waals surface area contributed by atoms with Gasteiger partial charge in [-0.25, -0.2) is 0 Å². The minimum atomic E-state index is -0.570. The maximum atomic E-state index is 13.7. The highest BCUT2D eigenvalue weighted by Gasteiger charge is 2.20. The van der Waals surface area contributed by atoms with Gasteiger partial charge in [-0.15, -0.1) is 11.8 Å². The van der Waals surface area contributed by atoms with Crippen LogP contribution in [0.1, 0.15) is 22.8 Å². The number of carbonyl (C=O) groups excluding carboxylic acids is 3. The van der Waals surface area contributed by atoms with Gasteiger partial charge in [0.15, 0.2) is 23.0 Å². The molecule has 5 rings (SSSR count). The summed E-state index contributed by atoms with van der Waals surface area (Å²) in [5.41, 5.74) is 1.94. The van der Waals surface area contributed by atoms with Crippen LogP contribution in [0.5, 0.6) is 28.7 Å². The van der Waals surface area contributed by atoms with E-state index >= 15 is 0 Å². The number of ether oxygens (including phenoxy) is 5. The van der Waals surface area contributed by atoms with E-state index in [4.69, 9.17) is 23.7 Å². The fourth-order valence-corrected chi connectivity index (χ4v) is 5.69. The zero-order valence-electron chi connectivity index (χ0n) is 26.8. The van der Waals surface area contributed by atoms with Crippen molar-refractivity contribution in [3.63, 3.8) is 0 Å². The largest absolute Gasteiger partial charge is 0.493 e. The highest BCUT2D eigenvalue weighted by atomic mass is 32.2. The molecule has 11 nitrogen and oxygen atoms in total. The maximum Gasteiger partial charge on any atom is 0.272 e. The van der Waals surface area contributed by atoms with Crippen LogP contribution in [-0.4, -0.2) is 57.5 Å². The van der Waals surface area contributed by atoms with Crippen LogP contribution in [-0.2, 0) is 9.59 Å². The van der Waals surface area contributed by atoms with Crippen LogP contribution < -0.4 is 39.6 Å². The van der Waals surface area contributed by atoms with Crippen molar-refractivity contribution in [2.24, 2.45) is 0 Å². The van der Waals surface area contributed by atoms with E-state index in [0.717, 1.165) is 4.90 Å². The van der Waals surface area contributed by atoms with E-state index in [1.165, 1.54) is 39.2 Å². The standard InChI is InChI=1S/C36H35N3O8S/c1-22(34(40)37-26-13-14-29-30(21-26)47-16-15-46-29)48-27-12-8-11-25(20-27)38-36(42)28(39-35(41)24-9-6-5-7-10-24)17-23-18-31(43-2)33(45-4)32(19-23)44-3/h5-14,17-22H,15-16H2,1-4H3,(H,37,40)(H,38,42)(H,39,41)/b28-17+. The highest BCUT2D eigenvalue weighted by Crippen LogP contribution is 2.39. The Kier molecular flexibility index (Phi) is 11.1. The number of amides is 3. The van der Waals surface area contributed by atoms with Crippen molar-refractivity contribution in [1.29, 1.82) is 0 Å². The number of carbonyl (C=O) groups is 3. The summed E-state index contributed by atoms with van der Waals surface area (Å²) in [6.07, 6.45) is 1.52. The summed E-state index contributed by atoms with van der Waals surface area (Å²) in [7, 11) is 4.47. The molecule has 0 bridgehead atoms. The molecule has 0 aromatic heterocycles. The summed E-state index contributed by atoms with van der Waals surface area (Å²) in [5.74, 6) is 1.14. The molecular formula is C36H35N3O8S. The van der Waals surface area contributed by atoms with Crippen LogP contribution in [0.2, 0.25) is 0 Å². The topological polar surface area (TPSA) is 133 Å². The summed E-state index contributed by atoms with van der Waals surface area (Å²) in [6.45, 7) is 2.73. The third kappa shape index (κ3) is 8.39. The van der Waals surface area contributed by atoms with Crippen LogP contribution in [0, 0.1) is 0 Å². The molecule has 0 fully saturated rings. The van der Waals surface area contributed by atoms with Gasteiger partial charge in [-0.3, -0.25) is 14.4 Å². The molecule has 3 N–H and O–H groups in total. The second-order valence-electron chi connectivity index (χ2n) is 10.4. The van der Waals surface area contributed by atoms with Crippen molar-refractivity contribution in [2.45, 2.75) is 17.1 Å². The van der Waals surface area contributed by atoms with Crippen molar-refractivity contribution in [3.8, 4) is 28.7 Å². The quantitative estimate of drug-likeness (QED) is 0.123. The molecule has 0 radical (unpaired) electrons. The summed E-state index contributed by atoms with van der Waals surface area (Å²) >= 11 is 1.33. The predicted octanol–water partition coefficient (Wildman–Crippen LogP) is 6.01. The van der Waals surface area contributed by atoms with E-state index in [1.54, 1.807) is 85.8 Å². The molecule has 4 aromatic carbocycles. The second kappa shape index (κ2) is 15.8. The Hall–Kier alpha value is -5.62. The van der Waals surface area contributed by atoms with Gasteiger partial charge < -0.3 is 39.6 Å². The van der Waals surface area contributed by atoms with E-state index < -0.39 is 17.1 Å². The molecule has 1 unspecified atom stereocenters. The molecule has 0 spiro atoms. The zero-order chi connectivity index (χ0) is 34.0. The Morgan fingerprint density at radius 3 is 2.15 bits per heavy atom. The maximum absolute atomic E-state index is 13.7. The fraction of sp³-hybridized carbons (Fsp3) is 0.194. The first-order valence-corrected chi connectivity index (χ1v) is 15.8. The van der Waals surface area contributed by atoms with Crippen LogP contribution >= 0.6 is 11.8 Å². The number of anilines is 2. The van der Waals surface area contributed by atoms with Gasteiger partial charge in [-0.1, -0.05) is 24.3 Å². The van der Waals surface area contributed by atoms with Gasteiger partial charge in [0, 0.05) is 27.9 Å². The molecule has 1 heterocycles. The van der Waals surface area contributed by atoms with Crippen LogP contribution in [0.25, 0.3) is 6.08 Å². The molecule has 48 heavy (non-hydrogen) atoms. The van der Waals surface area contributed by atoms with E-state index in [-0.39, 0.29) is 11.6 Å². The lowest BCUT2D eigenvalue weighted by Gasteiger charge is -2.19. The number of nitrogens with one attached hydrogen (secondary N) is 3. The lowest BCUT2D eigenvalue weighted by molar-refractivity contribution is -0.115. The van der Waals surface area contributed by atoms with E-state index in [1.807, 2.05) is 6.07 Å². The zero-order valence-corrected chi connectivity index (χ0v) is 27.6. The van der Waals surface area contributed by atoms with Crippen molar-refractivity contribution in [2.75, 3.05) is 45.2 Å². The molecule has 1 aliphatic rings. The van der Waals surface area contributed by atoms with E-state index in [9.17, 15) is 14.4 Å². The van der Waals surface area contributed by atoms with Gasteiger partial charge in [0.1, 0.15) is 18.9 Å². The minimum Gasteiger partial charge on any atom is -0.493 e. The average molecular weight is 670 g/mol. The summed E-state index contributed by atoms with van der Waals surface area (Å²) in [4.78, 5) is 40.6. The molecule has 0 saturated heterocycles. The Morgan fingerprint density at radius 2 is 1.46 bits per heavy atom. The Labute approximate surface area is 282 Å². The van der Waals surface area contributed by atoms with Gasteiger partial charge in [-0.05, 0) is 73.2 Å². The SMILES string of the molecule is COc1cc(/C=C(/NC(=O)c2ccccc2)C(=O)Nc2cccc(SC(C)C(=O)Nc3ccc4c(c3)OCCO4)c2)cc(OC)c1OC. The molecule has 3 amide bonds. The molecular weight excluding hydrogens is 634 g/mol. The van der Waals surface area contributed by atoms with Gasteiger partial charge in [0.05, 0.1) is 26.6 Å².